The molecule has 2 unspecified atom stereocenters. The molecule has 5 heteroatoms. The lowest BCUT2D eigenvalue weighted by Gasteiger charge is -2.22. The minimum Gasteiger partial charge on any atom is -0.444 e. The van der Waals surface area contributed by atoms with Crippen LogP contribution < -0.4 is 5.32 Å². The van der Waals surface area contributed by atoms with Crippen LogP contribution in [-0.2, 0) is 14.3 Å². The molecule has 17 heavy (non-hydrogen) atoms. The van der Waals surface area contributed by atoms with Crippen LogP contribution in [0.4, 0.5) is 4.79 Å². The molecule has 1 aliphatic heterocycles. The molecule has 0 radical (unpaired) electrons. The second-order valence-corrected chi connectivity index (χ2v) is 5.26. The molecule has 2 atom stereocenters. The fourth-order valence-electron chi connectivity index (χ4n) is 1.72. The highest BCUT2D eigenvalue weighted by atomic mass is 16.6. The van der Waals surface area contributed by atoms with Crippen LogP contribution in [0.3, 0.4) is 0 Å². The molecule has 98 valence electrons. The molecule has 1 fully saturated rings. The molecule has 1 amide bonds. The molecule has 1 aliphatic rings. The molecule has 0 bridgehead atoms. The maximum absolute atomic E-state index is 11.5. The van der Waals surface area contributed by atoms with Crippen molar-refractivity contribution in [1.29, 1.82) is 0 Å². The first-order valence-electron chi connectivity index (χ1n) is 5.97. The second-order valence-electron chi connectivity index (χ2n) is 5.26. The van der Waals surface area contributed by atoms with E-state index < -0.39 is 17.7 Å². The zero-order valence-electron chi connectivity index (χ0n) is 10.7. The number of rotatable bonds is 4. The van der Waals surface area contributed by atoms with Crippen LogP contribution in [0.2, 0.25) is 0 Å². The SMILES string of the molecule is CC(C)(C)OC(=O)NC(C=O)CC1CCCO1. The van der Waals surface area contributed by atoms with Gasteiger partial charge in [-0.15, -0.1) is 0 Å². The molecular formula is C12H21NO4. The van der Waals surface area contributed by atoms with Crippen molar-refractivity contribution >= 4 is 12.4 Å². The van der Waals surface area contributed by atoms with E-state index in [1.165, 1.54) is 0 Å². The molecule has 0 saturated carbocycles. The van der Waals surface area contributed by atoms with Crippen LogP contribution in [0, 0.1) is 0 Å². The van der Waals surface area contributed by atoms with Crippen molar-refractivity contribution in [3.63, 3.8) is 0 Å². The van der Waals surface area contributed by atoms with Crippen molar-refractivity contribution in [2.24, 2.45) is 0 Å². The summed E-state index contributed by atoms with van der Waals surface area (Å²) < 4.78 is 10.5. The highest BCUT2D eigenvalue weighted by molar-refractivity contribution is 5.73. The van der Waals surface area contributed by atoms with E-state index >= 15 is 0 Å². The molecule has 1 heterocycles. The standard InChI is InChI=1S/C12H21NO4/c1-12(2,3)17-11(15)13-9(8-14)7-10-5-4-6-16-10/h8-10H,4-7H2,1-3H3,(H,13,15). The lowest BCUT2D eigenvalue weighted by Crippen LogP contribution is -2.41. The number of carbonyl (C=O) groups excluding carboxylic acids is 2. The Labute approximate surface area is 102 Å². The summed E-state index contributed by atoms with van der Waals surface area (Å²) in [5.74, 6) is 0. The van der Waals surface area contributed by atoms with Gasteiger partial charge in [0.2, 0.25) is 0 Å². The van der Waals surface area contributed by atoms with E-state index in [4.69, 9.17) is 9.47 Å². The summed E-state index contributed by atoms with van der Waals surface area (Å²) in [7, 11) is 0. The van der Waals surface area contributed by atoms with E-state index in [0.29, 0.717) is 6.42 Å². The van der Waals surface area contributed by atoms with E-state index in [1.54, 1.807) is 20.8 Å². The van der Waals surface area contributed by atoms with Crippen molar-refractivity contribution in [1.82, 2.24) is 5.32 Å². The van der Waals surface area contributed by atoms with Crippen LogP contribution in [0.25, 0.3) is 0 Å². The van der Waals surface area contributed by atoms with Crippen LogP contribution in [0.1, 0.15) is 40.0 Å². The number of ether oxygens (including phenoxy) is 2. The Hall–Kier alpha value is -1.10. The smallest absolute Gasteiger partial charge is 0.408 e. The Kier molecular flexibility index (Phi) is 4.93. The van der Waals surface area contributed by atoms with Crippen LogP contribution >= 0.6 is 0 Å². The Bertz CT molecular complexity index is 266. The third-order valence-corrected chi connectivity index (χ3v) is 2.41. The fourth-order valence-corrected chi connectivity index (χ4v) is 1.72. The molecule has 1 saturated heterocycles. The number of carbonyl (C=O) groups is 2. The zero-order valence-corrected chi connectivity index (χ0v) is 10.7. The first-order chi connectivity index (χ1) is 7.90. The molecule has 0 spiro atoms. The van der Waals surface area contributed by atoms with Crippen LogP contribution in [-0.4, -0.2) is 36.7 Å². The van der Waals surface area contributed by atoms with E-state index in [9.17, 15) is 9.59 Å². The van der Waals surface area contributed by atoms with Crippen LogP contribution in [0.15, 0.2) is 0 Å². The third kappa shape index (κ3) is 5.68. The molecule has 1 N–H and O–H groups in total. The largest absolute Gasteiger partial charge is 0.444 e. The van der Waals surface area contributed by atoms with E-state index in [0.717, 1.165) is 25.7 Å². The summed E-state index contributed by atoms with van der Waals surface area (Å²) in [5, 5.41) is 2.54. The molecule has 0 aromatic carbocycles. The average Bonchev–Trinajstić information content (AvgIpc) is 2.66. The summed E-state index contributed by atoms with van der Waals surface area (Å²) in [6.07, 6.45) is 2.71. The Balaban J connectivity index is 2.35. The van der Waals surface area contributed by atoms with Crippen molar-refractivity contribution in [2.75, 3.05) is 6.61 Å². The van der Waals surface area contributed by atoms with E-state index in [-0.39, 0.29) is 6.10 Å². The minimum absolute atomic E-state index is 0.0696. The minimum atomic E-state index is -0.562. The van der Waals surface area contributed by atoms with E-state index in [1.807, 2.05) is 0 Å². The molecule has 0 aromatic heterocycles. The summed E-state index contributed by atoms with van der Waals surface area (Å²) in [5.41, 5.74) is -0.554. The molecule has 0 aliphatic carbocycles. The lowest BCUT2D eigenvalue weighted by molar-refractivity contribution is -0.110. The Morgan fingerprint density at radius 2 is 2.29 bits per heavy atom. The van der Waals surface area contributed by atoms with Gasteiger partial charge in [0.15, 0.2) is 0 Å². The number of alkyl carbamates (subject to hydrolysis) is 1. The van der Waals surface area contributed by atoms with Gasteiger partial charge in [0.05, 0.1) is 12.1 Å². The average molecular weight is 243 g/mol. The normalized spacial score (nSPS) is 21.9. The number of amides is 1. The first-order valence-corrected chi connectivity index (χ1v) is 5.97. The topological polar surface area (TPSA) is 64.6 Å². The van der Waals surface area contributed by atoms with Gasteiger partial charge in [0.1, 0.15) is 11.9 Å². The predicted octanol–water partition coefficient (Wildman–Crippen LogP) is 1.65. The van der Waals surface area contributed by atoms with Gasteiger partial charge >= 0.3 is 6.09 Å². The molecular weight excluding hydrogens is 222 g/mol. The lowest BCUT2D eigenvalue weighted by atomic mass is 10.1. The maximum Gasteiger partial charge on any atom is 0.408 e. The zero-order chi connectivity index (χ0) is 12.9. The summed E-state index contributed by atoms with van der Waals surface area (Å²) in [6.45, 7) is 6.08. The van der Waals surface area contributed by atoms with E-state index in [2.05, 4.69) is 5.32 Å². The highest BCUT2D eigenvalue weighted by Crippen LogP contribution is 2.16. The number of hydrogen-bond donors (Lipinski definition) is 1. The molecule has 1 rings (SSSR count). The van der Waals surface area contributed by atoms with Crippen LogP contribution in [0.5, 0.6) is 0 Å². The monoisotopic (exact) mass is 243 g/mol. The van der Waals surface area contributed by atoms with Gasteiger partial charge in [-0.1, -0.05) is 0 Å². The third-order valence-electron chi connectivity index (χ3n) is 2.41. The van der Waals surface area contributed by atoms with Gasteiger partial charge in [-0.05, 0) is 33.6 Å². The predicted molar refractivity (Wildman–Crippen MR) is 62.8 cm³/mol. The fraction of sp³-hybridized carbons (Fsp3) is 0.833. The maximum atomic E-state index is 11.5. The summed E-state index contributed by atoms with van der Waals surface area (Å²) >= 11 is 0. The first kappa shape index (κ1) is 14.0. The van der Waals surface area contributed by atoms with Gasteiger partial charge in [-0.2, -0.15) is 0 Å². The van der Waals surface area contributed by atoms with Gasteiger partial charge in [-0.3, -0.25) is 0 Å². The number of hydrogen-bond acceptors (Lipinski definition) is 4. The van der Waals surface area contributed by atoms with Crippen molar-refractivity contribution in [3.05, 3.63) is 0 Å². The van der Waals surface area contributed by atoms with Crippen molar-refractivity contribution in [2.45, 2.75) is 57.8 Å². The van der Waals surface area contributed by atoms with Crippen molar-refractivity contribution in [3.8, 4) is 0 Å². The highest BCUT2D eigenvalue weighted by Gasteiger charge is 2.23. The Morgan fingerprint density at radius 3 is 2.76 bits per heavy atom. The quantitative estimate of drug-likeness (QED) is 0.762. The van der Waals surface area contributed by atoms with Gasteiger partial charge in [0.25, 0.3) is 0 Å². The van der Waals surface area contributed by atoms with Crippen molar-refractivity contribution < 1.29 is 19.1 Å². The molecule has 0 aromatic rings. The Morgan fingerprint density at radius 1 is 1.59 bits per heavy atom. The molecule has 5 nitrogen and oxygen atoms in total. The second kappa shape index (κ2) is 6.00. The van der Waals surface area contributed by atoms with Gasteiger partial charge in [0, 0.05) is 13.0 Å². The van der Waals surface area contributed by atoms with Gasteiger partial charge < -0.3 is 19.6 Å². The number of aldehydes is 1. The van der Waals surface area contributed by atoms with Gasteiger partial charge in [-0.25, -0.2) is 4.79 Å². The summed E-state index contributed by atoms with van der Waals surface area (Å²) in [6, 6.07) is -0.534. The summed E-state index contributed by atoms with van der Waals surface area (Å²) in [4.78, 5) is 22.3. The number of nitrogens with one attached hydrogen (secondary N) is 1.